The Morgan fingerprint density at radius 2 is 2.13 bits per heavy atom. The smallest absolute Gasteiger partial charge is 0.268 e. The number of amides is 1. The van der Waals surface area contributed by atoms with Crippen molar-refractivity contribution in [3.05, 3.63) is 64.7 Å². The third-order valence-electron chi connectivity index (χ3n) is 3.62. The van der Waals surface area contributed by atoms with E-state index in [4.69, 9.17) is 0 Å². The first-order valence-corrected chi connectivity index (χ1v) is 7.85. The van der Waals surface area contributed by atoms with Gasteiger partial charge in [-0.15, -0.1) is 10.2 Å². The van der Waals surface area contributed by atoms with Crippen LogP contribution in [0.4, 0.5) is 0 Å². The highest BCUT2D eigenvalue weighted by molar-refractivity contribution is 9.10. The van der Waals surface area contributed by atoms with E-state index in [0.29, 0.717) is 18.1 Å². The van der Waals surface area contributed by atoms with Crippen LogP contribution in [0.15, 0.2) is 53.1 Å². The molecule has 2 N–H and O–H groups in total. The third kappa shape index (κ3) is 2.59. The average molecular weight is 370 g/mol. The Morgan fingerprint density at radius 1 is 1.22 bits per heavy atom. The molecule has 1 aromatic carbocycles. The van der Waals surface area contributed by atoms with Crippen LogP contribution >= 0.6 is 15.9 Å². The highest BCUT2D eigenvalue weighted by atomic mass is 79.9. The predicted molar refractivity (Wildman–Crippen MR) is 90.2 cm³/mol. The second-order valence-corrected chi connectivity index (χ2v) is 6.06. The molecular weight excluding hydrogens is 358 g/mol. The molecule has 4 aromatic rings. The summed E-state index contributed by atoms with van der Waals surface area (Å²) >= 11 is 3.42. The van der Waals surface area contributed by atoms with Gasteiger partial charge in [0.15, 0.2) is 11.5 Å². The lowest BCUT2D eigenvalue weighted by atomic mass is 10.2. The lowest BCUT2D eigenvalue weighted by Gasteiger charge is -2.02. The maximum Gasteiger partial charge on any atom is 0.268 e. The van der Waals surface area contributed by atoms with E-state index < -0.39 is 0 Å². The van der Waals surface area contributed by atoms with Crippen LogP contribution in [-0.2, 0) is 6.54 Å². The number of aromatic amines is 1. The first-order valence-electron chi connectivity index (χ1n) is 7.06. The maximum atomic E-state index is 12.3. The lowest BCUT2D eigenvalue weighted by molar-refractivity contribution is 0.0945. The summed E-state index contributed by atoms with van der Waals surface area (Å²) in [7, 11) is 0. The monoisotopic (exact) mass is 369 g/mol. The Bertz CT molecular complexity index is 1020. The molecule has 0 saturated carbocycles. The fraction of sp³-hybridized carbons (Fsp3) is 0.0625. The molecule has 0 aliphatic rings. The van der Waals surface area contributed by atoms with E-state index in [1.807, 2.05) is 53.1 Å². The molecule has 6 nitrogen and oxygen atoms in total. The average Bonchev–Trinajstić information content (AvgIpc) is 3.16. The van der Waals surface area contributed by atoms with Crippen LogP contribution in [0.3, 0.4) is 0 Å². The first kappa shape index (κ1) is 14.0. The minimum absolute atomic E-state index is 0.176. The van der Waals surface area contributed by atoms with Crippen LogP contribution < -0.4 is 5.32 Å². The van der Waals surface area contributed by atoms with E-state index in [9.17, 15) is 4.79 Å². The number of rotatable bonds is 3. The molecule has 0 fully saturated rings. The molecule has 0 bridgehead atoms. The molecule has 0 saturated heterocycles. The fourth-order valence-electron chi connectivity index (χ4n) is 2.49. The predicted octanol–water partition coefficient (Wildman–Crippen LogP) is 2.90. The number of nitrogens with zero attached hydrogens (tertiary/aromatic N) is 3. The number of nitrogens with one attached hydrogen (secondary N) is 2. The van der Waals surface area contributed by atoms with Gasteiger partial charge >= 0.3 is 0 Å². The number of hydrogen-bond donors (Lipinski definition) is 2. The zero-order valence-corrected chi connectivity index (χ0v) is 13.5. The summed E-state index contributed by atoms with van der Waals surface area (Å²) in [5.41, 5.74) is 2.19. The quantitative estimate of drug-likeness (QED) is 0.582. The van der Waals surface area contributed by atoms with Crippen LogP contribution in [0.25, 0.3) is 16.6 Å². The zero-order valence-electron chi connectivity index (χ0n) is 12.0. The van der Waals surface area contributed by atoms with Crippen molar-refractivity contribution in [1.29, 1.82) is 0 Å². The molecule has 3 heterocycles. The number of halogens is 1. The van der Waals surface area contributed by atoms with Gasteiger partial charge in [-0.25, -0.2) is 0 Å². The minimum atomic E-state index is -0.176. The molecule has 0 unspecified atom stereocenters. The van der Waals surface area contributed by atoms with Gasteiger partial charge < -0.3 is 10.3 Å². The topological polar surface area (TPSA) is 75.1 Å². The third-order valence-corrected chi connectivity index (χ3v) is 4.11. The van der Waals surface area contributed by atoms with Crippen molar-refractivity contribution in [3.8, 4) is 0 Å². The second kappa shape index (κ2) is 5.51. The van der Waals surface area contributed by atoms with Crippen LogP contribution in [0.2, 0.25) is 0 Å². The number of H-pyrrole nitrogens is 1. The number of carbonyl (C=O) groups excluding carboxylic acids is 1. The molecule has 4 rings (SSSR count). The Kier molecular flexibility index (Phi) is 3.34. The molecule has 114 valence electrons. The van der Waals surface area contributed by atoms with Gasteiger partial charge in [-0.1, -0.05) is 28.1 Å². The Morgan fingerprint density at radius 3 is 3.04 bits per heavy atom. The van der Waals surface area contributed by atoms with Crippen LogP contribution in [-0.4, -0.2) is 25.5 Å². The highest BCUT2D eigenvalue weighted by Gasteiger charge is 2.11. The van der Waals surface area contributed by atoms with Gasteiger partial charge in [0.05, 0.1) is 6.54 Å². The Labute approximate surface area is 139 Å². The molecule has 0 spiro atoms. The van der Waals surface area contributed by atoms with E-state index in [-0.39, 0.29) is 5.91 Å². The maximum absolute atomic E-state index is 12.3. The van der Waals surface area contributed by atoms with Gasteiger partial charge in [0.25, 0.3) is 5.91 Å². The summed E-state index contributed by atoms with van der Waals surface area (Å²) < 4.78 is 2.82. The Balaban J connectivity index is 1.55. The SMILES string of the molecule is O=C(NCc1nnc2ccccn12)c1cc2ccc(Br)cc2[nH]1. The van der Waals surface area contributed by atoms with Crippen molar-refractivity contribution >= 4 is 38.4 Å². The summed E-state index contributed by atoms with van der Waals surface area (Å²) in [5, 5.41) is 12.0. The van der Waals surface area contributed by atoms with Gasteiger partial charge in [-0.2, -0.15) is 0 Å². The largest absolute Gasteiger partial charge is 0.350 e. The number of fused-ring (bicyclic) bond motifs is 2. The number of carbonyl (C=O) groups is 1. The molecule has 0 aliphatic carbocycles. The van der Waals surface area contributed by atoms with Crippen molar-refractivity contribution in [2.45, 2.75) is 6.54 Å². The molecule has 0 aliphatic heterocycles. The normalized spacial score (nSPS) is 11.2. The number of benzene rings is 1. The first-order chi connectivity index (χ1) is 11.2. The summed E-state index contributed by atoms with van der Waals surface area (Å²) in [6.07, 6.45) is 1.87. The zero-order chi connectivity index (χ0) is 15.8. The minimum Gasteiger partial charge on any atom is -0.350 e. The molecule has 23 heavy (non-hydrogen) atoms. The highest BCUT2D eigenvalue weighted by Crippen LogP contribution is 2.20. The number of pyridine rings is 1. The molecule has 3 aromatic heterocycles. The van der Waals surface area contributed by atoms with Gasteiger partial charge in [0.1, 0.15) is 5.69 Å². The van der Waals surface area contributed by atoms with Crippen LogP contribution in [0.1, 0.15) is 16.3 Å². The molecule has 7 heteroatoms. The van der Waals surface area contributed by atoms with E-state index in [1.165, 1.54) is 0 Å². The fourth-order valence-corrected chi connectivity index (χ4v) is 2.85. The summed E-state index contributed by atoms with van der Waals surface area (Å²) in [6.45, 7) is 0.309. The standard InChI is InChI=1S/C16H12BrN5O/c17-11-5-4-10-7-13(19-12(10)8-11)16(23)18-9-15-21-20-14-3-1-2-6-22(14)15/h1-8,19H,9H2,(H,18,23). The van der Waals surface area contributed by atoms with Crippen molar-refractivity contribution in [1.82, 2.24) is 24.9 Å². The summed E-state index contributed by atoms with van der Waals surface area (Å²) in [5.74, 6) is 0.512. The van der Waals surface area contributed by atoms with Crippen molar-refractivity contribution in [3.63, 3.8) is 0 Å². The van der Waals surface area contributed by atoms with Crippen molar-refractivity contribution in [2.24, 2.45) is 0 Å². The van der Waals surface area contributed by atoms with Gasteiger partial charge in [0.2, 0.25) is 0 Å². The van der Waals surface area contributed by atoms with E-state index in [0.717, 1.165) is 21.0 Å². The van der Waals surface area contributed by atoms with Crippen molar-refractivity contribution < 1.29 is 4.79 Å². The molecule has 0 atom stereocenters. The summed E-state index contributed by atoms with van der Waals surface area (Å²) in [4.78, 5) is 15.4. The van der Waals surface area contributed by atoms with E-state index in [1.54, 1.807) is 0 Å². The summed E-state index contributed by atoms with van der Waals surface area (Å²) in [6, 6.07) is 13.3. The van der Waals surface area contributed by atoms with Gasteiger partial charge in [0, 0.05) is 21.6 Å². The number of aromatic nitrogens is 4. The van der Waals surface area contributed by atoms with E-state index >= 15 is 0 Å². The molecular formula is C16H12BrN5O. The van der Waals surface area contributed by atoms with Gasteiger partial charge in [-0.05, 0) is 30.3 Å². The van der Waals surface area contributed by atoms with E-state index in [2.05, 4.69) is 36.4 Å². The lowest BCUT2D eigenvalue weighted by Crippen LogP contribution is -2.24. The van der Waals surface area contributed by atoms with Crippen molar-refractivity contribution in [2.75, 3.05) is 0 Å². The Hall–Kier alpha value is -2.67. The van der Waals surface area contributed by atoms with Gasteiger partial charge in [-0.3, -0.25) is 9.20 Å². The van der Waals surface area contributed by atoms with Crippen LogP contribution in [0.5, 0.6) is 0 Å². The molecule has 1 amide bonds. The van der Waals surface area contributed by atoms with Crippen LogP contribution in [0, 0.1) is 0 Å². The number of hydrogen-bond acceptors (Lipinski definition) is 3. The molecule has 0 radical (unpaired) electrons. The second-order valence-electron chi connectivity index (χ2n) is 5.14.